The fourth-order valence-corrected chi connectivity index (χ4v) is 1.80. The largest absolute Gasteiger partial charge is 0.396 e. The zero-order valence-corrected chi connectivity index (χ0v) is 11.3. The van der Waals surface area contributed by atoms with E-state index in [4.69, 9.17) is 10.8 Å². The average molecular weight is 248 g/mol. The second-order valence-electron chi connectivity index (χ2n) is 4.82. The fraction of sp³-hybridized carbons (Fsp3) is 0.909. The number of hydrogen-bond donors (Lipinski definition) is 3. The average Bonchev–Trinajstić information content (AvgIpc) is 2.20. The summed E-state index contributed by atoms with van der Waals surface area (Å²) < 4.78 is 0. The van der Waals surface area contributed by atoms with Crippen LogP contribution in [0.3, 0.4) is 0 Å². The highest BCUT2D eigenvalue weighted by Gasteiger charge is 2.26. The van der Waals surface area contributed by atoms with Gasteiger partial charge in [-0.15, -0.1) is 0 Å². The number of nitrogens with two attached hydrogens (primary N) is 1. The summed E-state index contributed by atoms with van der Waals surface area (Å²) >= 11 is 1.72. The molecule has 0 aliphatic rings. The molecule has 0 aromatic carbocycles. The zero-order chi connectivity index (χ0) is 12.6. The third-order valence-corrected chi connectivity index (χ3v) is 3.28. The van der Waals surface area contributed by atoms with Crippen LogP contribution < -0.4 is 11.1 Å². The number of aliphatic hydroxyl groups is 1. The lowest BCUT2D eigenvalue weighted by atomic mass is 9.87. The highest BCUT2D eigenvalue weighted by Crippen LogP contribution is 2.17. The Labute approximate surface area is 102 Å². The van der Waals surface area contributed by atoms with E-state index in [1.165, 1.54) is 0 Å². The van der Waals surface area contributed by atoms with Gasteiger partial charge < -0.3 is 16.2 Å². The number of amides is 1. The monoisotopic (exact) mass is 248 g/mol. The Morgan fingerprint density at radius 2 is 2.06 bits per heavy atom. The van der Waals surface area contributed by atoms with Gasteiger partial charge in [-0.1, -0.05) is 20.8 Å². The molecular weight excluding hydrogens is 224 g/mol. The topological polar surface area (TPSA) is 75.4 Å². The van der Waals surface area contributed by atoms with E-state index in [1.54, 1.807) is 11.8 Å². The molecule has 0 aliphatic carbocycles. The fourth-order valence-electron chi connectivity index (χ4n) is 1.02. The molecule has 1 atom stereocenters. The summed E-state index contributed by atoms with van der Waals surface area (Å²) in [7, 11) is 0. The Bertz CT molecular complexity index is 205. The van der Waals surface area contributed by atoms with Crippen LogP contribution in [0.15, 0.2) is 0 Å². The SMILES string of the molecule is CC(C)(C)[C@@H](N)C(=O)NCCSCCCO. The first-order valence-corrected chi connectivity index (χ1v) is 6.77. The molecule has 0 saturated heterocycles. The first-order chi connectivity index (χ1) is 7.39. The van der Waals surface area contributed by atoms with Crippen LogP contribution in [0.1, 0.15) is 27.2 Å². The van der Waals surface area contributed by atoms with Gasteiger partial charge in [-0.25, -0.2) is 0 Å². The van der Waals surface area contributed by atoms with E-state index >= 15 is 0 Å². The third kappa shape index (κ3) is 7.09. The first-order valence-electron chi connectivity index (χ1n) is 5.61. The maximum atomic E-state index is 11.6. The second kappa shape index (κ2) is 7.92. The lowest BCUT2D eigenvalue weighted by Crippen LogP contribution is -2.49. The Morgan fingerprint density at radius 3 is 2.56 bits per heavy atom. The molecule has 0 aliphatic heterocycles. The maximum Gasteiger partial charge on any atom is 0.237 e. The molecule has 0 saturated carbocycles. The molecule has 4 nitrogen and oxygen atoms in total. The van der Waals surface area contributed by atoms with Crippen LogP contribution in [0.25, 0.3) is 0 Å². The molecule has 0 fully saturated rings. The molecule has 0 bridgehead atoms. The molecular formula is C11H24N2O2S. The van der Waals surface area contributed by atoms with E-state index in [1.807, 2.05) is 20.8 Å². The normalized spacial score (nSPS) is 13.6. The van der Waals surface area contributed by atoms with Crippen LogP contribution in [0.5, 0.6) is 0 Å². The van der Waals surface area contributed by atoms with E-state index in [9.17, 15) is 4.79 Å². The van der Waals surface area contributed by atoms with Gasteiger partial charge in [-0.3, -0.25) is 4.79 Å². The molecule has 0 spiro atoms. The highest BCUT2D eigenvalue weighted by atomic mass is 32.2. The summed E-state index contributed by atoms with van der Waals surface area (Å²) in [6.45, 7) is 6.72. The molecule has 1 amide bonds. The summed E-state index contributed by atoms with van der Waals surface area (Å²) in [5.41, 5.74) is 5.60. The van der Waals surface area contributed by atoms with Gasteiger partial charge in [-0.05, 0) is 17.6 Å². The summed E-state index contributed by atoms with van der Waals surface area (Å²) in [6, 6.07) is -0.463. The van der Waals surface area contributed by atoms with Crippen molar-refractivity contribution in [3.63, 3.8) is 0 Å². The Hall–Kier alpha value is -0.260. The molecule has 0 radical (unpaired) electrons. The van der Waals surface area contributed by atoms with Gasteiger partial charge in [0.15, 0.2) is 0 Å². The highest BCUT2D eigenvalue weighted by molar-refractivity contribution is 7.99. The van der Waals surface area contributed by atoms with Gasteiger partial charge in [0.1, 0.15) is 0 Å². The Balaban J connectivity index is 3.58. The standard InChI is InChI=1S/C11H24N2O2S/c1-11(2,3)9(12)10(15)13-5-8-16-7-4-6-14/h9,14H,4-8,12H2,1-3H3,(H,13,15)/t9-/m0/s1. The minimum Gasteiger partial charge on any atom is -0.396 e. The molecule has 0 heterocycles. The molecule has 0 aromatic heterocycles. The Morgan fingerprint density at radius 1 is 1.44 bits per heavy atom. The van der Waals surface area contributed by atoms with Gasteiger partial charge >= 0.3 is 0 Å². The maximum absolute atomic E-state index is 11.6. The molecule has 0 unspecified atom stereocenters. The summed E-state index contributed by atoms with van der Waals surface area (Å²) in [5, 5.41) is 11.4. The van der Waals surface area contributed by atoms with Crippen LogP contribution in [0.4, 0.5) is 0 Å². The minimum absolute atomic E-state index is 0.0877. The van der Waals surface area contributed by atoms with Crippen molar-refractivity contribution in [2.24, 2.45) is 11.1 Å². The molecule has 4 N–H and O–H groups in total. The molecule has 96 valence electrons. The summed E-state index contributed by atoms with van der Waals surface area (Å²) in [5.74, 6) is 1.70. The predicted molar refractivity (Wildman–Crippen MR) is 69.5 cm³/mol. The third-order valence-electron chi connectivity index (χ3n) is 2.21. The van der Waals surface area contributed by atoms with E-state index in [2.05, 4.69) is 5.32 Å². The van der Waals surface area contributed by atoms with Crippen molar-refractivity contribution >= 4 is 17.7 Å². The zero-order valence-electron chi connectivity index (χ0n) is 10.5. The number of carbonyl (C=O) groups excluding carboxylic acids is 1. The van der Waals surface area contributed by atoms with Crippen molar-refractivity contribution in [2.75, 3.05) is 24.7 Å². The van der Waals surface area contributed by atoms with Crippen molar-refractivity contribution in [3.05, 3.63) is 0 Å². The van der Waals surface area contributed by atoms with E-state index in [0.29, 0.717) is 6.54 Å². The van der Waals surface area contributed by atoms with Crippen LogP contribution in [-0.4, -0.2) is 41.7 Å². The van der Waals surface area contributed by atoms with Crippen LogP contribution in [0, 0.1) is 5.41 Å². The van der Waals surface area contributed by atoms with E-state index < -0.39 is 6.04 Å². The van der Waals surface area contributed by atoms with Crippen LogP contribution in [-0.2, 0) is 4.79 Å². The summed E-state index contributed by atoms with van der Waals surface area (Å²) in [4.78, 5) is 11.6. The number of aliphatic hydroxyl groups excluding tert-OH is 1. The number of carbonyl (C=O) groups is 1. The van der Waals surface area contributed by atoms with Gasteiger partial charge in [0.05, 0.1) is 6.04 Å². The number of nitrogens with one attached hydrogen (secondary N) is 1. The van der Waals surface area contributed by atoms with Gasteiger partial charge in [-0.2, -0.15) is 11.8 Å². The van der Waals surface area contributed by atoms with Crippen molar-refractivity contribution < 1.29 is 9.90 Å². The van der Waals surface area contributed by atoms with Gasteiger partial charge in [0, 0.05) is 18.9 Å². The van der Waals surface area contributed by atoms with Crippen molar-refractivity contribution in [2.45, 2.75) is 33.2 Å². The number of hydrogen-bond acceptors (Lipinski definition) is 4. The van der Waals surface area contributed by atoms with Gasteiger partial charge in [0.2, 0.25) is 5.91 Å². The predicted octanol–water partition coefficient (Wildman–Crippen LogP) is 0.592. The van der Waals surface area contributed by atoms with Crippen molar-refractivity contribution in [1.29, 1.82) is 0 Å². The molecule has 16 heavy (non-hydrogen) atoms. The number of rotatable bonds is 7. The second-order valence-corrected chi connectivity index (χ2v) is 6.05. The smallest absolute Gasteiger partial charge is 0.237 e. The molecule has 0 rings (SSSR count). The quantitative estimate of drug-likeness (QED) is 0.577. The summed E-state index contributed by atoms with van der Waals surface area (Å²) in [6.07, 6.45) is 0.806. The van der Waals surface area contributed by atoms with E-state index in [0.717, 1.165) is 17.9 Å². The van der Waals surface area contributed by atoms with E-state index in [-0.39, 0.29) is 17.9 Å². The first kappa shape index (κ1) is 15.7. The van der Waals surface area contributed by atoms with Crippen molar-refractivity contribution in [1.82, 2.24) is 5.32 Å². The van der Waals surface area contributed by atoms with Crippen LogP contribution >= 0.6 is 11.8 Å². The number of thioether (sulfide) groups is 1. The lowest BCUT2D eigenvalue weighted by Gasteiger charge is -2.25. The lowest BCUT2D eigenvalue weighted by molar-refractivity contribution is -0.124. The van der Waals surface area contributed by atoms with Crippen LogP contribution in [0.2, 0.25) is 0 Å². The molecule has 0 aromatic rings. The van der Waals surface area contributed by atoms with Crippen molar-refractivity contribution in [3.8, 4) is 0 Å². The minimum atomic E-state index is -0.463. The van der Waals surface area contributed by atoms with Gasteiger partial charge in [0.25, 0.3) is 0 Å². The molecule has 5 heteroatoms. The Kier molecular flexibility index (Phi) is 7.80.